The maximum atomic E-state index is 13.5. The highest BCUT2D eigenvalue weighted by Gasteiger charge is 2.57. The Labute approximate surface area is 170 Å². The Balaban J connectivity index is 2.21. The van der Waals surface area contributed by atoms with Crippen LogP contribution >= 0.6 is 11.6 Å². The van der Waals surface area contributed by atoms with Crippen molar-refractivity contribution in [3.63, 3.8) is 0 Å². The highest BCUT2D eigenvalue weighted by Crippen LogP contribution is 2.38. The van der Waals surface area contributed by atoms with E-state index in [1.807, 2.05) is 0 Å². The van der Waals surface area contributed by atoms with Gasteiger partial charge in [0, 0.05) is 18.0 Å². The number of halogens is 9. The zero-order valence-electron chi connectivity index (χ0n) is 14.9. The summed E-state index contributed by atoms with van der Waals surface area (Å²) in [7, 11) is 1.12. The summed E-state index contributed by atoms with van der Waals surface area (Å²) in [5, 5.41) is 2.95. The first-order valence-corrected chi connectivity index (χ1v) is 8.25. The van der Waals surface area contributed by atoms with E-state index in [2.05, 4.69) is 15.1 Å². The van der Waals surface area contributed by atoms with Gasteiger partial charge in [0.15, 0.2) is 5.69 Å². The SMILES string of the molecule is COc1nc2nc(C(F)(F)F)c(-c3cnn(CC(F)(F)C(F)(F)F)c3)c(=O)n2cc1Cl. The molecule has 0 saturated carbocycles. The third kappa shape index (κ3) is 4.13. The molecular weight excluding hydrogens is 470 g/mol. The highest BCUT2D eigenvalue weighted by atomic mass is 35.5. The second kappa shape index (κ2) is 7.32. The van der Waals surface area contributed by atoms with Crippen LogP contribution in [0.25, 0.3) is 16.9 Å². The molecule has 16 heteroatoms. The third-order valence-electron chi connectivity index (χ3n) is 3.90. The zero-order valence-corrected chi connectivity index (χ0v) is 15.6. The fourth-order valence-corrected chi connectivity index (χ4v) is 2.73. The molecule has 0 fully saturated rings. The van der Waals surface area contributed by atoms with Gasteiger partial charge in [-0.15, -0.1) is 0 Å². The number of nitrogens with zero attached hydrogens (tertiary/aromatic N) is 5. The van der Waals surface area contributed by atoms with Crippen molar-refractivity contribution >= 4 is 17.4 Å². The molecule has 7 nitrogen and oxygen atoms in total. The van der Waals surface area contributed by atoms with Gasteiger partial charge in [-0.1, -0.05) is 11.6 Å². The Bertz CT molecular complexity index is 1200. The summed E-state index contributed by atoms with van der Waals surface area (Å²) in [6.07, 6.45) is -9.29. The lowest BCUT2D eigenvalue weighted by atomic mass is 10.1. The van der Waals surface area contributed by atoms with Crippen molar-refractivity contribution in [3.8, 4) is 17.0 Å². The lowest BCUT2D eigenvalue weighted by Gasteiger charge is -2.19. The number of hydrogen-bond acceptors (Lipinski definition) is 5. The molecular formula is C15H8ClF8N5O2. The zero-order chi connectivity index (χ0) is 23.4. The second-order valence-corrected chi connectivity index (χ2v) is 6.44. The number of rotatable bonds is 4. The summed E-state index contributed by atoms with van der Waals surface area (Å²) in [5.74, 6) is -6.27. The van der Waals surface area contributed by atoms with Gasteiger partial charge in [0.1, 0.15) is 11.6 Å². The quantitative estimate of drug-likeness (QED) is 0.534. The van der Waals surface area contributed by atoms with Crippen LogP contribution in [0.4, 0.5) is 35.1 Å². The van der Waals surface area contributed by atoms with Gasteiger partial charge in [0.25, 0.3) is 5.56 Å². The first-order valence-electron chi connectivity index (χ1n) is 7.87. The molecule has 0 bridgehead atoms. The van der Waals surface area contributed by atoms with Crippen LogP contribution < -0.4 is 10.3 Å². The maximum absolute atomic E-state index is 13.5. The Morgan fingerprint density at radius 2 is 1.71 bits per heavy atom. The Morgan fingerprint density at radius 3 is 2.26 bits per heavy atom. The minimum atomic E-state index is -5.91. The number of methoxy groups -OCH3 is 1. The van der Waals surface area contributed by atoms with Crippen molar-refractivity contribution in [2.45, 2.75) is 24.8 Å². The van der Waals surface area contributed by atoms with E-state index in [-0.39, 0.29) is 15.6 Å². The van der Waals surface area contributed by atoms with Crippen LogP contribution in [0, 0.1) is 0 Å². The van der Waals surface area contributed by atoms with Crippen molar-refractivity contribution < 1.29 is 39.9 Å². The first kappa shape index (κ1) is 22.7. The largest absolute Gasteiger partial charge is 0.480 e. The maximum Gasteiger partial charge on any atom is 0.455 e. The summed E-state index contributed by atoms with van der Waals surface area (Å²) in [5.41, 5.74) is -4.95. The molecule has 0 spiro atoms. The van der Waals surface area contributed by atoms with Crippen molar-refractivity contribution in [3.05, 3.63) is 39.7 Å². The monoisotopic (exact) mass is 477 g/mol. The third-order valence-corrected chi connectivity index (χ3v) is 4.16. The molecule has 0 aromatic carbocycles. The molecule has 0 saturated heterocycles. The fourth-order valence-electron chi connectivity index (χ4n) is 2.51. The molecule has 0 aliphatic carbocycles. The molecule has 168 valence electrons. The van der Waals surface area contributed by atoms with Crippen LogP contribution in [0.5, 0.6) is 5.88 Å². The lowest BCUT2D eigenvalue weighted by molar-refractivity contribution is -0.287. The van der Waals surface area contributed by atoms with E-state index in [0.29, 0.717) is 16.8 Å². The van der Waals surface area contributed by atoms with Crippen LogP contribution in [0.1, 0.15) is 5.69 Å². The van der Waals surface area contributed by atoms with Gasteiger partial charge in [-0.3, -0.25) is 9.48 Å². The van der Waals surface area contributed by atoms with E-state index in [1.165, 1.54) is 0 Å². The molecule has 0 amide bonds. The van der Waals surface area contributed by atoms with Gasteiger partial charge >= 0.3 is 18.3 Å². The van der Waals surface area contributed by atoms with Crippen molar-refractivity contribution in [1.82, 2.24) is 24.1 Å². The molecule has 3 heterocycles. The van der Waals surface area contributed by atoms with Crippen LogP contribution in [0.2, 0.25) is 5.02 Å². The summed E-state index contributed by atoms with van der Waals surface area (Å²) in [4.78, 5) is 19.6. The van der Waals surface area contributed by atoms with Gasteiger partial charge in [0.05, 0.1) is 18.9 Å². The molecule has 0 radical (unpaired) electrons. The molecule has 3 aromatic rings. The van der Waals surface area contributed by atoms with E-state index in [9.17, 15) is 39.9 Å². The number of alkyl halides is 8. The standard InChI is InChI=1S/C15H8ClF8N5O2/c1-31-10-7(16)4-29-11(30)8(9(14(19,20)21)26-12(29)27-10)6-2-25-28(3-6)5-13(17,18)15(22,23)24/h2-4H,5H2,1H3. The Hall–Kier alpha value is -2.97. The average molecular weight is 478 g/mol. The minimum Gasteiger partial charge on any atom is -0.480 e. The lowest BCUT2D eigenvalue weighted by Crippen LogP contribution is -2.40. The minimum absolute atomic E-state index is 0.0660. The molecule has 0 N–H and O–H groups in total. The van der Waals surface area contributed by atoms with Crippen LogP contribution in [0.3, 0.4) is 0 Å². The number of ether oxygens (including phenoxy) is 1. The van der Waals surface area contributed by atoms with Crippen LogP contribution in [-0.2, 0) is 12.7 Å². The molecule has 0 unspecified atom stereocenters. The van der Waals surface area contributed by atoms with E-state index in [4.69, 9.17) is 16.3 Å². The summed E-state index contributed by atoms with van der Waals surface area (Å²) in [6.45, 7) is -2.01. The summed E-state index contributed by atoms with van der Waals surface area (Å²) < 4.78 is 110. The van der Waals surface area contributed by atoms with Crippen molar-refractivity contribution in [1.29, 1.82) is 0 Å². The molecule has 0 aliphatic heterocycles. The second-order valence-electron chi connectivity index (χ2n) is 6.04. The van der Waals surface area contributed by atoms with E-state index >= 15 is 0 Å². The molecule has 3 aromatic heterocycles. The van der Waals surface area contributed by atoms with Gasteiger partial charge in [0.2, 0.25) is 11.7 Å². The number of fused-ring (bicyclic) bond motifs is 1. The fraction of sp³-hybridized carbons (Fsp3) is 0.333. The number of aromatic nitrogens is 5. The molecule has 31 heavy (non-hydrogen) atoms. The Morgan fingerprint density at radius 1 is 1.06 bits per heavy atom. The van der Waals surface area contributed by atoms with Crippen molar-refractivity contribution in [2.24, 2.45) is 0 Å². The van der Waals surface area contributed by atoms with Crippen molar-refractivity contribution in [2.75, 3.05) is 7.11 Å². The smallest absolute Gasteiger partial charge is 0.455 e. The van der Waals surface area contributed by atoms with E-state index in [0.717, 1.165) is 13.3 Å². The number of hydrogen-bond donors (Lipinski definition) is 0. The first-order chi connectivity index (χ1) is 14.2. The highest BCUT2D eigenvalue weighted by molar-refractivity contribution is 6.31. The summed E-state index contributed by atoms with van der Waals surface area (Å²) >= 11 is 5.82. The van der Waals surface area contributed by atoms with Gasteiger partial charge in [-0.05, 0) is 0 Å². The van der Waals surface area contributed by atoms with E-state index in [1.54, 1.807) is 0 Å². The van der Waals surface area contributed by atoms with Crippen LogP contribution in [0.15, 0.2) is 23.4 Å². The molecule has 0 aliphatic rings. The van der Waals surface area contributed by atoms with Gasteiger partial charge in [-0.2, -0.15) is 45.2 Å². The predicted octanol–water partition coefficient (Wildman–Crippen LogP) is 3.83. The van der Waals surface area contributed by atoms with Crippen LogP contribution in [-0.4, -0.2) is 43.4 Å². The van der Waals surface area contributed by atoms with E-state index < -0.39 is 53.0 Å². The topological polar surface area (TPSA) is 74.3 Å². The normalized spacial score (nSPS) is 13.1. The van der Waals surface area contributed by atoms with Gasteiger partial charge in [-0.25, -0.2) is 9.38 Å². The predicted molar refractivity (Wildman–Crippen MR) is 88.0 cm³/mol. The van der Waals surface area contributed by atoms with Gasteiger partial charge < -0.3 is 4.74 Å². The molecule has 3 rings (SSSR count). The molecule has 0 atom stereocenters. The Kier molecular flexibility index (Phi) is 5.36. The summed E-state index contributed by atoms with van der Waals surface area (Å²) in [6, 6.07) is 0. The average Bonchev–Trinajstić information content (AvgIpc) is 3.07.